The number of amides is 1. The normalized spacial score (nSPS) is 15.0. The van der Waals surface area contributed by atoms with Gasteiger partial charge in [0.2, 0.25) is 5.88 Å². The van der Waals surface area contributed by atoms with E-state index in [4.69, 9.17) is 9.15 Å². The zero-order chi connectivity index (χ0) is 23.4. The van der Waals surface area contributed by atoms with Crippen molar-refractivity contribution in [3.8, 4) is 5.88 Å². The Kier molecular flexibility index (Phi) is 6.71. The molecule has 1 fully saturated rings. The molecule has 5 heterocycles. The van der Waals surface area contributed by atoms with Gasteiger partial charge in [0, 0.05) is 38.5 Å². The Morgan fingerprint density at radius 1 is 1.18 bits per heavy atom. The molecule has 0 spiro atoms. The average Bonchev–Trinajstić information content (AvgIpc) is 3.51. The van der Waals surface area contributed by atoms with Crippen LogP contribution >= 0.6 is 0 Å². The molecule has 0 radical (unpaired) electrons. The molecule has 0 bridgehead atoms. The third-order valence-corrected chi connectivity index (χ3v) is 5.81. The number of pyridine rings is 1. The second-order valence-electron chi connectivity index (χ2n) is 8.10. The summed E-state index contributed by atoms with van der Waals surface area (Å²) in [4.78, 5) is 42.6. The quantitative estimate of drug-likeness (QED) is 0.643. The van der Waals surface area contributed by atoms with Crippen molar-refractivity contribution >= 4 is 11.6 Å². The predicted octanol–water partition coefficient (Wildman–Crippen LogP) is 2.26. The summed E-state index contributed by atoms with van der Waals surface area (Å²) in [6.45, 7) is 6.79. The van der Waals surface area contributed by atoms with Crippen LogP contribution in [0.15, 0.2) is 34.1 Å². The fourth-order valence-electron chi connectivity index (χ4n) is 4.05. The standard InChI is InChI=1S/C14H16N4O2.C9H12N2O2/c1-9-5-10(6-15-14(9)20-2)18-4-3-12-11(7-18)13(19)17-8-16-12;1-7-10-8(6-13-7)9(12)11-4-2-3-5-11/h5-6,8H,3-4,7H2,1-2H3,(H,16,17,19);6H,2-5H2,1H3. The third-order valence-electron chi connectivity index (χ3n) is 5.81. The van der Waals surface area contributed by atoms with Crippen molar-refractivity contribution in [1.82, 2.24) is 24.8 Å². The summed E-state index contributed by atoms with van der Waals surface area (Å²) >= 11 is 0. The number of rotatable bonds is 3. The molecule has 0 unspecified atom stereocenters. The first-order valence-electron chi connectivity index (χ1n) is 11.0. The molecule has 2 aliphatic rings. The smallest absolute Gasteiger partial charge is 0.275 e. The molecule has 0 aromatic carbocycles. The van der Waals surface area contributed by atoms with Crippen molar-refractivity contribution in [2.24, 2.45) is 0 Å². The minimum absolute atomic E-state index is 0.00523. The van der Waals surface area contributed by atoms with E-state index < -0.39 is 0 Å². The summed E-state index contributed by atoms with van der Waals surface area (Å²) in [6, 6.07) is 2.03. The molecule has 3 aromatic heterocycles. The molecule has 0 saturated carbocycles. The van der Waals surface area contributed by atoms with Gasteiger partial charge in [-0.25, -0.2) is 15.0 Å². The number of carbonyl (C=O) groups excluding carboxylic acids is 1. The fraction of sp³-hybridized carbons (Fsp3) is 0.435. The van der Waals surface area contributed by atoms with Crippen LogP contribution in [0.3, 0.4) is 0 Å². The second-order valence-corrected chi connectivity index (χ2v) is 8.10. The van der Waals surface area contributed by atoms with Crippen molar-refractivity contribution in [3.05, 3.63) is 63.6 Å². The summed E-state index contributed by atoms with van der Waals surface area (Å²) in [6.07, 6.45) is 7.64. The number of nitrogens with zero attached hydrogens (tertiary/aromatic N) is 5. The van der Waals surface area contributed by atoms with E-state index in [1.54, 1.807) is 20.2 Å². The summed E-state index contributed by atoms with van der Waals surface area (Å²) in [5, 5.41) is 0. The minimum Gasteiger partial charge on any atom is -0.481 e. The van der Waals surface area contributed by atoms with Crippen LogP contribution in [0.25, 0.3) is 0 Å². The molecule has 0 aliphatic carbocycles. The van der Waals surface area contributed by atoms with Crippen molar-refractivity contribution in [2.45, 2.75) is 39.7 Å². The van der Waals surface area contributed by atoms with Gasteiger partial charge in [0.25, 0.3) is 11.5 Å². The predicted molar refractivity (Wildman–Crippen MR) is 122 cm³/mol. The van der Waals surface area contributed by atoms with E-state index in [1.165, 1.54) is 12.6 Å². The van der Waals surface area contributed by atoms with Gasteiger partial charge in [-0.15, -0.1) is 0 Å². The van der Waals surface area contributed by atoms with Crippen molar-refractivity contribution in [2.75, 3.05) is 31.6 Å². The molecule has 10 heteroatoms. The first-order chi connectivity index (χ1) is 16.0. The van der Waals surface area contributed by atoms with Crippen LogP contribution in [0, 0.1) is 13.8 Å². The Labute approximate surface area is 191 Å². The van der Waals surface area contributed by atoms with Gasteiger partial charge in [-0.05, 0) is 25.8 Å². The maximum Gasteiger partial charge on any atom is 0.275 e. The molecule has 3 aromatic rings. The number of nitrogens with one attached hydrogen (secondary N) is 1. The number of ether oxygens (including phenoxy) is 1. The molecule has 0 atom stereocenters. The highest BCUT2D eigenvalue weighted by molar-refractivity contribution is 5.92. The Bertz CT molecular complexity index is 1180. The Morgan fingerprint density at radius 3 is 2.64 bits per heavy atom. The van der Waals surface area contributed by atoms with Crippen LogP contribution < -0.4 is 15.2 Å². The number of methoxy groups -OCH3 is 1. The largest absolute Gasteiger partial charge is 0.481 e. The van der Waals surface area contributed by atoms with E-state index in [9.17, 15) is 9.59 Å². The van der Waals surface area contributed by atoms with Gasteiger partial charge in [-0.2, -0.15) is 0 Å². The van der Waals surface area contributed by atoms with Gasteiger partial charge in [0.15, 0.2) is 11.6 Å². The first-order valence-corrected chi connectivity index (χ1v) is 11.0. The molecule has 1 amide bonds. The van der Waals surface area contributed by atoms with Crippen LogP contribution in [0.1, 0.15) is 46.0 Å². The van der Waals surface area contributed by atoms with Crippen LogP contribution in [0.5, 0.6) is 5.88 Å². The van der Waals surface area contributed by atoms with Gasteiger partial charge < -0.3 is 23.9 Å². The molecule has 1 N–H and O–H groups in total. The number of hydrogen-bond acceptors (Lipinski definition) is 8. The number of fused-ring (bicyclic) bond motifs is 1. The number of aromatic nitrogens is 4. The number of oxazole rings is 1. The molecule has 5 rings (SSSR count). The van der Waals surface area contributed by atoms with Crippen molar-refractivity contribution in [3.63, 3.8) is 0 Å². The lowest BCUT2D eigenvalue weighted by Crippen LogP contribution is -2.35. The molecular formula is C23H28N6O4. The number of H-pyrrole nitrogens is 1. The lowest BCUT2D eigenvalue weighted by molar-refractivity contribution is 0.0787. The Balaban J connectivity index is 0.000000172. The highest BCUT2D eigenvalue weighted by Gasteiger charge is 2.22. The number of hydrogen-bond donors (Lipinski definition) is 1. The van der Waals surface area contributed by atoms with Gasteiger partial charge in [0.05, 0.1) is 43.1 Å². The molecule has 174 valence electrons. The monoisotopic (exact) mass is 452 g/mol. The van der Waals surface area contributed by atoms with E-state index in [-0.39, 0.29) is 11.5 Å². The molecule has 33 heavy (non-hydrogen) atoms. The van der Waals surface area contributed by atoms with Gasteiger partial charge in [-0.3, -0.25) is 9.59 Å². The van der Waals surface area contributed by atoms with E-state index in [1.807, 2.05) is 17.9 Å². The fourth-order valence-corrected chi connectivity index (χ4v) is 4.05. The van der Waals surface area contributed by atoms with Gasteiger partial charge in [-0.1, -0.05) is 0 Å². The molecule has 1 saturated heterocycles. The molecule has 2 aliphatic heterocycles. The van der Waals surface area contributed by atoms with E-state index in [0.29, 0.717) is 24.0 Å². The zero-order valence-corrected chi connectivity index (χ0v) is 19.1. The topological polar surface area (TPSA) is 117 Å². The van der Waals surface area contributed by atoms with E-state index in [2.05, 4.69) is 24.8 Å². The van der Waals surface area contributed by atoms with Crippen LogP contribution in [-0.4, -0.2) is 57.5 Å². The maximum absolute atomic E-state index is 11.9. The molecule has 10 nitrogen and oxygen atoms in total. The van der Waals surface area contributed by atoms with E-state index >= 15 is 0 Å². The number of aromatic amines is 1. The number of carbonyl (C=O) groups is 1. The highest BCUT2D eigenvalue weighted by Crippen LogP contribution is 2.25. The lowest BCUT2D eigenvalue weighted by Gasteiger charge is -2.29. The van der Waals surface area contributed by atoms with Crippen LogP contribution in [0.2, 0.25) is 0 Å². The average molecular weight is 453 g/mol. The SMILES string of the molecule is COc1ncc(N2CCc3nc[nH]c(=O)c3C2)cc1C.Cc1nc(C(=O)N2CCCC2)co1. The summed E-state index contributed by atoms with van der Waals surface area (Å²) in [7, 11) is 1.61. The van der Waals surface area contributed by atoms with Crippen molar-refractivity contribution in [1.29, 1.82) is 0 Å². The summed E-state index contributed by atoms with van der Waals surface area (Å²) in [5.41, 5.74) is 3.99. The first kappa shape index (κ1) is 22.5. The van der Waals surface area contributed by atoms with Gasteiger partial charge in [0.1, 0.15) is 6.26 Å². The Morgan fingerprint density at radius 2 is 1.97 bits per heavy atom. The number of anilines is 1. The maximum atomic E-state index is 11.9. The minimum atomic E-state index is -0.0575. The lowest BCUT2D eigenvalue weighted by atomic mass is 10.1. The second kappa shape index (κ2) is 9.85. The third kappa shape index (κ3) is 5.05. The Hall–Kier alpha value is -3.69. The number of likely N-dealkylation sites (tertiary alicyclic amines) is 1. The number of aryl methyl sites for hydroxylation is 2. The van der Waals surface area contributed by atoms with Crippen LogP contribution in [-0.2, 0) is 13.0 Å². The zero-order valence-electron chi connectivity index (χ0n) is 19.1. The summed E-state index contributed by atoms with van der Waals surface area (Å²) < 4.78 is 10.2. The van der Waals surface area contributed by atoms with E-state index in [0.717, 1.165) is 61.4 Å². The highest BCUT2D eigenvalue weighted by atomic mass is 16.5. The van der Waals surface area contributed by atoms with Crippen molar-refractivity contribution < 1.29 is 13.9 Å². The van der Waals surface area contributed by atoms with Crippen LogP contribution in [0.4, 0.5) is 5.69 Å². The molecular weight excluding hydrogens is 424 g/mol. The van der Waals surface area contributed by atoms with Gasteiger partial charge >= 0.3 is 0 Å². The summed E-state index contributed by atoms with van der Waals surface area (Å²) in [5.74, 6) is 1.17.